The van der Waals surface area contributed by atoms with Gasteiger partial charge in [-0.15, -0.1) is 0 Å². The fourth-order valence-electron chi connectivity index (χ4n) is 4.62. The first-order valence-electron chi connectivity index (χ1n) is 13.0. The number of aromatic nitrogens is 1. The topological polar surface area (TPSA) is 39.2 Å². The lowest BCUT2D eigenvalue weighted by atomic mass is 9.72. The molecule has 0 unspecified atom stereocenters. The summed E-state index contributed by atoms with van der Waals surface area (Å²) in [6.07, 6.45) is 21.9. The number of carbonyl (C=O) groups excluding carboxylic acids is 1. The highest BCUT2D eigenvalue weighted by Crippen LogP contribution is 2.40. The van der Waals surface area contributed by atoms with Crippen molar-refractivity contribution in [1.29, 1.82) is 0 Å². The highest BCUT2D eigenvalue weighted by Gasteiger charge is 2.26. The van der Waals surface area contributed by atoms with Crippen molar-refractivity contribution in [1.82, 2.24) is 4.98 Å². The van der Waals surface area contributed by atoms with Crippen LogP contribution in [-0.4, -0.2) is 17.6 Å². The lowest BCUT2D eigenvalue weighted by Gasteiger charge is -2.32. The van der Waals surface area contributed by atoms with Gasteiger partial charge in [0.25, 0.3) is 0 Å². The first kappa shape index (κ1) is 27.1. The Hall–Kier alpha value is -2.16. The molecule has 1 aromatic rings. The fourth-order valence-corrected chi connectivity index (χ4v) is 4.62. The molecular formula is C30H45NO2. The van der Waals surface area contributed by atoms with Crippen molar-refractivity contribution in [3.05, 3.63) is 58.5 Å². The van der Waals surface area contributed by atoms with E-state index in [4.69, 9.17) is 4.74 Å². The van der Waals surface area contributed by atoms with Crippen molar-refractivity contribution in [3.63, 3.8) is 0 Å². The van der Waals surface area contributed by atoms with Crippen LogP contribution in [0.15, 0.2) is 47.2 Å². The van der Waals surface area contributed by atoms with Crippen LogP contribution in [0.2, 0.25) is 0 Å². The van der Waals surface area contributed by atoms with Gasteiger partial charge in [0.2, 0.25) is 0 Å². The van der Waals surface area contributed by atoms with Gasteiger partial charge in [-0.1, -0.05) is 101 Å². The van der Waals surface area contributed by atoms with Crippen LogP contribution < -0.4 is 0 Å². The first-order chi connectivity index (χ1) is 15.8. The summed E-state index contributed by atoms with van der Waals surface area (Å²) in [5.41, 5.74) is 5.76. The second-order valence-electron chi connectivity index (χ2n) is 10.2. The molecule has 0 amide bonds. The van der Waals surface area contributed by atoms with Gasteiger partial charge in [0.05, 0.1) is 6.61 Å². The van der Waals surface area contributed by atoms with Crippen LogP contribution in [0.5, 0.6) is 0 Å². The molecule has 0 N–H and O–H groups in total. The number of ether oxygens (including phenoxy) is 1. The average Bonchev–Trinajstić information content (AvgIpc) is 2.77. The Bertz CT molecular complexity index is 827. The van der Waals surface area contributed by atoms with Crippen molar-refractivity contribution in [2.75, 3.05) is 6.61 Å². The number of nitrogens with zero attached hydrogens (tertiary/aromatic N) is 1. The minimum Gasteiger partial charge on any atom is -0.461 e. The zero-order chi connectivity index (χ0) is 24.1. The summed E-state index contributed by atoms with van der Waals surface area (Å²) in [6, 6.07) is 3.70. The van der Waals surface area contributed by atoms with Crippen molar-refractivity contribution in [3.8, 4) is 0 Å². The smallest absolute Gasteiger partial charge is 0.356 e. The number of hydrogen-bond donors (Lipinski definition) is 0. The monoisotopic (exact) mass is 451 g/mol. The Morgan fingerprint density at radius 3 is 2.42 bits per heavy atom. The number of esters is 1. The standard InChI is InChI=1S/C30H45NO2/c1-6-7-8-9-10-11-12-13-21-33-29(32)28-19-17-26(23-31-28)22-24(2)16-18-27-25(3)15-14-20-30(27,4)5/h16-19,22-23H,6-15,20-21H2,1-5H3. The Labute approximate surface area is 202 Å². The van der Waals surface area contributed by atoms with Gasteiger partial charge >= 0.3 is 5.97 Å². The molecule has 2 rings (SSSR count). The lowest BCUT2D eigenvalue weighted by molar-refractivity contribution is 0.0490. The van der Waals surface area contributed by atoms with E-state index < -0.39 is 0 Å². The average molecular weight is 452 g/mol. The van der Waals surface area contributed by atoms with Gasteiger partial charge in [-0.2, -0.15) is 0 Å². The van der Waals surface area contributed by atoms with Crippen LogP contribution in [0.4, 0.5) is 0 Å². The molecule has 3 nitrogen and oxygen atoms in total. The third-order valence-corrected chi connectivity index (χ3v) is 6.68. The van der Waals surface area contributed by atoms with E-state index in [-0.39, 0.29) is 11.4 Å². The van der Waals surface area contributed by atoms with Crippen LogP contribution in [0, 0.1) is 5.41 Å². The number of unbranched alkanes of at least 4 members (excludes halogenated alkanes) is 7. The minimum absolute atomic E-state index is 0.247. The summed E-state index contributed by atoms with van der Waals surface area (Å²) in [7, 11) is 0. The molecule has 3 heteroatoms. The fraction of sp³-hybridized carbons (Fsp3) is 0.600. The molecular weight excluding hydrogens is 406 g/mol. The normalized spacial score (nSPS) is 16.5. The van der Waals surface area contributed by atoms with E-state index in [9.17, 15) is 4.79 Å². The van der Waals surface area contributed by atoms with Gasteiger partial charge in [0.1, 0.15) is 5.69 Å². The predicted octanol–water partition coefficient (Wildman–Crippen LogP) is 8.87. The lowest BCUT2D eigenvalue weighted by Crippen LogP contribution is -2.19. The summed E-state index contributed by atoms with van der Waals surface area (Å²) in [5.74, 6) is -0.327. The van der Waals surface area contributed by atoms with Crippen molar-refractivity contribution >= 4 is 12.0 Å². The molecule has 1 aliphatic carbocycles. The maximum Gasteiger partial charge on any atom is 0.356 e. The summed E-state index contributed by atoms with van der Waals surface area (Å²) in [5, 5.41) is 0. The molecule has 0 radical (unpaired) electrons. The molecule has 0 spiro atoms. The van der Waals surface area contributed by atoms with E-state index in [1.54, 1.807) is 12.3 Å². The summed E-state index contributed by atoms with van der Waals surface area (Å²) >= 11 is 0. The Balaban J connectivity index is 1.78. The molecule has 182 valence electrons. The zero-order valence-electron chi connectivity index (χ0n) is 21.7. The zero-order valence-corrected chi connectivity index (χ0v) is 21.7. The Kier molecular flexibility index (Phi) is 11.6. The van der Waals surface area contributed by atoms with Crippen molar-refractivity contribution in [2.24, 2.45) is 5.41 Å². The van der Waals surface area contributed by atoms with E-state index in [0.29, 0.717) is 12.3 Å². The molecule has 0 atom stereocenters. The van der Waals surface area contributed by atoms with Gasteiger partial charge < -0.3 is 4.74 Å². The maximum absolute atomic E-state index is 12.2. The van der Waals surface area contributed by atoms with Crippen LogP contribution in [0.25, 0.3) is 6.08 Å². The minimum atomic E-state index is -0.327. The van der Waals surface area contributed by atoms with E-state index in [1.165, 1.54) is 74.5 Å². The molecule has 1 heterocycles. The number of hydrogen-bond acceptors (Lipinski definition) is 3. The summed E-state index contributed by atoms with van der Waals surface area (Å²) in [6.45, 7) is 11.8. The summed E-state index contributed by atoms with van der Waals surface area (Å²) < 4.78 is 5.40. The second-order valence-corrected chi connectivity index (χ2v) is 10.2. The van der Waals surface area contributed by atoms with Gasteiger partial charge in [-0.25, -0.2) is 9.78 Å². The quantitative estimate of drug-likeness (QED) is 0.171. The first-order valence-corrected chi connectivity index (χ1v) is 13.0. The van der Waals surface area contributed by atoms with Crippen molar-refractivity contribution < 1.29 is 9.53 Å². The summed E-state index contributed by atoms with van der Waals surface area (Å²) in [4.78, 5) is 16.6. The van der Waals surface area contributed by atoms with E-state index >= 15 is 0 Å². The third kappa shape index (κ3) is 9.70. The highest BCUT2D eigenvalue weighted by atomic mass is 16.5. The van der Waals surface area contributed by atoms with Gasteiger partial charge in [-0.05, 0) is 62.1 Å². The molecule has 33 heavy (non-hydrogen) atoms. The number of pyridine rings is 1. The molecule has 1 aromatic heterocycles. The largest absolute Gasteiger partial charge is 0.461 e. The van der Waals surface area contributed by atoms with Crippen LogP contribution in [0.3, 0.4) is 0 Å². The van der Waals surface area contributed by atoms with Gasteiger partial charge in [-0.3, -0.25) is 0 Å². The van der Waals surface area contributed by atoms with Gasteiger partial charge in [0, 0.05) is 6.20 Å². The van der Waals surface area contributed by atoms with Crippen LogP contribution in [-0.2, 0) is 4.74 Å². The molecule has 0 saturated heterocycles. The SMILES string of the molecule is CCCCCCCCCCOC(=O)c1ccc(C=C(C)C=CC2=C(C)CCCC2(C)C)cn1. The third-order valence-electron chi connectivity index (χ3n) is 6.68. The van der Waals surface area contributed by atoms with Crippen LogP contribution in [0.1, 0.15) is 121 Å². The van der Waals surface area contributed by atoms with Crippen molar-refractivity contribution in [2.45, 2.75) is 105 Å². The Morgan fingerprint density at radius 2 is 1.79 bits per heavy atom. The Morgan fingerprint density at radius 1 is 1.09 bits per heavy atom. The molecule has 1 aliphatic rings. The second kappa shape index (κ2) is 14.2. The molecule has 0 saturated carbocycles. The molecule has 0 aromatic carbocycles. The highest BCUT2D eigenvalue weighted by molar-refractivity contribution is 5.87. The van der Waals surface area contributed by atoms with E-state index in [0.717, 1.165) is 18.4 Å². The maximum atomic E-state index is 12.2. The number of rotatable bonds is 13. The number of allylic oxidation sites excluding steroid dienone is 5. The van der Waals surface area contributed by atoms with Gasteiger partial charge in [0.15, 0.2) is 0 Å². The van der Waals surface area contributed by atoms with Crippen LogP contribution >= 0.6 is 0 Å². The number of carbonyl (C=O) groups is 1. The van der Waals surface area contributed by atoms with E-state index in [2.05, 4.69) is 57.8 Å². The molecule has 0 fully saturated rings. The molecule has 0 aliphatic heterocycles. The predicted molar refractivity (Wildman–Crippen MR) is 140 cm³/mol. The molecule has 0 bridgehead atoms. The van der Waals surface area contributed by atoms with E-state index in [1.807, 2.05) is 6.07 Å².